The number of nitrogens with zero attached hydrogens (tertiary/aromatic N) is 4. The van der Waals surface area contributed by atoms with Gasteiger partial charge in [0.25, 0.3) is 5.91 Å². The minimum Gasteiger partial charge on any atom is -0.497 e. The molecule has 0 radical (unpaired) electrons. The van der Waals surface area contributed by atoms with Crippen molar-refractivity contribution >= 4 is 23.7 Å². The molecule has 5 rings (SSSR count). The Bertz CT molecular complexity index is 1380. The molecule has 42 heavy (non-hydrogen) atoms. The van der Waals surface area contributed by atoms with Crippen LogP contribution in [0.5, 0.6) is 5.75 Å². The van der Waals surface area contributed by atoms with Gasteiger partial charge >= 0.3 is 0 Å². The number of carbonyl (C=O) groups excluding carboxylic acids is 3. The van der Waals surface area contributed by atoms with Gasteiger partial charge in [0, 0.05) is 59.2 Å². The smallest absolute Gasteiger partial charge is 0.261 e. The summed E-state index contributed by atoms with van der Waals surface area (Å²) in [6, 6.07) is 14.2. The number of guanidine groups is 1. The Balaban J connectivity index is 1.36. The zero-order valence-corrected chi connectivity index (χ0v) is 25.1. The third-order valence-corrected chi connectivity index (χ3v) is 8.90. The molecule has 2 aromatic rings. The first-order valence-corrected chi connectivity index (χ1v) is 14.8. The fourth-order valence-corrected chi connectivity index (χ4v) is 6.46. The van der Waals surface area contributed by atoms with Crippen molar-refractivity contribution < 1.29 is 19.1 Å². The number of piperidine rings is 1. The largest absolute Gasteiger partial charge is 0.497 e. The van der Waals surface area contributed by atoms with Gasteiger partial charge in [-0.1, -0.05) is 24.3 Å². The summed E-state index contributed by atoms with van der Waals surface area (Å²) >= 11 is 0. The Labute approximate surface area is 247 Å². The molecule has 2 atom stereocenters. The Morgan fingerprint density at radius 1 is 1.10 bits per heavy atom. The summed E-state index contributed by atoms with van der Waals surface area (Å²) in [5.74, 6) is 1.23. The molecule has 224 valence electrons. The average Bonchev–Trinajstić information content (AvgIpc) is 3.50. The van der Waals surface area contributed by atoms with Crippen LogP contribution in [-0.2, 0) is 26.5 Å². The van der Waals surface area contributed by atoms with Crippen molar-refractivity contribution in [2.24, 2.45) is 16.6 Å². The molecule has 2 saturated heterocycles. The Kier molecular flexibility index (Phi) is 8.54. The van der Waals surface area contributed by atoms with Crippen LogP contribution in [0, 0.1) is 5.92 Å². The van der Waals surface area contributed by atoms with Gasteiger partial charge < -0.3 is 20.7 Å². The maximum atomic E-state index is 13.8. The summed E-state index contributed by atoms with van der Waals surface area (Å²) in [6.07, 6.45) is 2.60. The van der Waals surface area contributed by atoms with Crippen molar-refractivity contribution in [2.45, 2.75) is 58.2 Å². The molecule has 2 aromatic carbocycles. The second-order valence-electron chi connectivity index (χ2n) is 11.9. The number of nitrogens with two attached hydrogens (primary N) is 1. The molecule has 10 heteroatoms. The zero-order chi connectivity index (χ0) is 30.0. The minimum atomic E-state index is -1.13. The van der Waals surface area contributed by atoms with Crippen LogP contribution in [0.4, 0.5) is 0 Å². The van der Waals surface area contributed by atoms with E-state index in [4.69, 9.17) is 15.5 Å². The third kappa shape index (κ3) is 6.13. The summed E-state index contributed by atoms with van der Waals surface area (Å²) < 4.78 is 5.57. The third-order valence-electron chi connectivity index (χ3n) is 8.90. The molecule has 0 bridgehead atoms. The molecule has 3 aliphatic rings. The van der Waals surface area contributed by atoms with Crippen LogP contribution in [-0.4, -0.2) is 84.3 Å². The van der Waals surface area contributed by atoms with Crippen LogP contribution < -0.4 is 15.8 Å². The second-order valence-corrected chi connectivity index (χ2v) is 11.9. The number of amides is 3. The van der Waals surface area contributed by atoms with Crippen molar-refractivity contribution in [3.05, 3.63) is 53.6 Å². The molecule has 3 heterocycles. The van der Waals surface area contributed by atoms with Gasteiger partial charge in [-0.15, -0.1) is 0 Å². The maximum absolute atomic E-state index is 13.8. The van der Waals surface area contributed by atoms with Crippen molar-refractivity contribution in [2.75, 3.05) is 39.8 Å². The van der Waals surface area contributed by atoms with Crippen LogP contribution in [0.1, 0.15) is 51.2 Å². The Morgan fingerprint density at radius 3 is 2.55 bits per heavy atom. The number of benzene rings is 2. The van der Waals surface area contributed by atoms with Gasteiger partial charge in [-0.3, -0.25) is 24.2 Å². The van der Waals surface area contributed by atoms with E-state index in [0.717, 1.165) is 66.9 Å². The fourth-order valence-electron chi connectivity index (χ4n) is 6.46. The zero-order valence-electron chi connectivity index (χ0n) is 25.1. The molecule has 10 nitrogen and oxygen atoms in total. The molecule has 0 saturated carbocycles. The molecule has 3 N–H and O–H groups in total. The quantitative estimate of drug-likeness (QED) is 0.500. The lowest BCUT2D eigenvalue weighted by Gasteiger charge is -2.33. The predicted octanol–water partition coefficient (Wildman–Crippen LogP) is 2.70. The van der Waals surface area contributed by atoms with Gasteiger partial charge in [0.15, 0.2) is 11.5 Å². The van der Waals surface area contributed by atoms with Gasteiger partial charge in [0.1, 0.15) is 5.75 Å². The van der Waals surface area contributed by atoms with Gasteiger partial charge in [-0.05, 0) is 72.6 Å². The first-order valence-electron chi connectivity index (χ1n) is 14.8. The van der Waals surface area contributed by atoms with E-state index in [9.17, 15) is 14.4 Å². The van der Waals surface area contributed by atoms with Crippen LogP contribution in [0.15, 0.2) is 47.5 Å². The number of methoxy groups -OCH3 is 1. The summed E-state index contributed by atoms with van der Waals surface area (Å²) in [7, 11) is 1.65. The molecule has 0 spiro atoms. The van der Waals surface area contributed by atoms with E-state index in [0.29, 0.717) is 19.6 Å². The van der Waals surface area contributed by atoms with Crippen molar-refractivity contribution in [3.8, 4) is 16.9 Å². The van der Waals surface area contributed by atoms with E-state index in [2.05, 4.69) is 16.3 Å². The number of hydrogen-bond acceptors (Lipinski definition) is 7. The monoisotopic (exact) mass is 574 g/mol. The number of hydrogen-bond donors (Lipinski definition) is 2. The van der Waals surface area contributed by atoms with Crippen LogP contribution in [0.3, 0.4) is 0 Å². The molecule has 2 fully saturated rings. The van der Waals surface area contributed by atoms with E-state index in [1.54, 1.807) is 25.9 Å². The number of nitrogens with one attached hydrogen (secondary N) is 1. The summed E-state index contributed by atoms with van der Waals surface area (Å²) in [6.45, 7) is 9.33. The highest BCUT2D eigenvalue weighted by Crippen LogP contribution is 2.37. The average molecular weight is 575 g/mol. The SMILES string of the molecule is COc1ccc(CN2CCC(NC(C)=O)C2)c(-c2cccc(C3(C)N=C(N)N(CC4CCN(C(C)=O)CC4)C3=O)c2)c1. The van der Waals surface area contributed by atoms with E-state index in [1.165, 1.54) is 0 Å². The van der Waals surface area contributed by atoms with Crippen molar-refractivity contribution in [3.63, 3.8) is 0 Å². The number of aliphatic imine (C=N–C) groups is 1. The molecule has 3 aliphatic heterocycles. The first-order chi connectivity index (χ1) is 20.1. The molecule has 0 aliphatic carbocycles. The summed E-state index contributed by atoms with van der Waals surface area (Å²) in [4.78, 5) is 47.6. The van der Waals surface area contributed by atoms with Gasteiger partial charge in [-0.2, -0.15) is 0 Å². The predicted molar refractivity (Wildman–Crippen MR) is 162 cm³/mol. The Morgan fingerprint density at radius 2 is 1.86 bits per heavy atom. The van der Waals surface area contributed by atoms with Crippen LogP contribution >= 0.6 is 0 Å². The number of carbonyl (C=O) groups is 3. The minimum absolute atomic E-state index is 0.000940. The number of likely N-dealkylation sites (tertiary alicyclic amines) is 2. The molecule has 3 amide bonds. The van der Waals surface area contributed by atoms with E-state index in [1.807, 2.05) is 48.2 Å². The van der Waals surface area contributed by atoms with Crippen LogP contribution in [0.25, 0.3) is 11.1 Å². The number of rotatable bonds is 8. The molecular weight excluding hydrogens is 532 g/mol. The second kappa shape index (κ2) is 12.1. The van der Waals surface area contributed by atoms with E-state index < -0.39 is 5.54 Å². The molecular formula is C32H42N6O4. The standard InChI is InChI=1S/C32H42N6O4/c1-21(39)34-27-12-13-36(20-27)19-25-8-9-28(42-4)17-29(25)24-6-5-7-26(16-24)32(3)30(41)38(31(33)35-32)18-23-10-14-37(15-11-23)22(2)40/h5-9,16-17,23,27H,10-15,18-20H2,1-4H3,(H2,33,35)(H,34,39). The summed E-state index contributed by atoms with van der Waals surface area (Å²) in [5.41, 5.74) is 9.15. The lowest BCUT2D eigenvalue weighted by molar-refractivity contribution is -0.133. The molecule has 0 aromatic heterocycles. The van der Waals surface area contributed by atoms with E-state index in [-0.39, 0.29) is 35.6 Å². The van der Waals surface area contributed by atoms with Gasteiger partial charge in [0.05, 0.1) is 7.11 Å². The van der Waals surface area contributed by atoms with Gasteiger partial charge in [0.2, 0.25) is 11.8 Å². The van der Waals surface area contributed by atoms with Crippen LogP contribution in [0.2, 0.25) is 0 Å². The lowest BCUT2D eigenvalue weighted by Crippen LogP contribution is -2.46. The highest BCUT2D eigenvalue weighted by atomic mass is 16.5. The topological polar surface area (TPSA) is 121 Å². The lowest BCUT2D eigenvalue weighted by atomic mass is 9.88. The normalized spacial score (nSPS) is 23.3. The maximum Gasteiger partial charge on any atom is 0.261 e. The summed E-state index contributed by atoms with van der Waals surface area (Å²) in [5, 5.41) is 3.03. The van der Waals surface area contributed by atoms with Crippen molar-refractivity contribution in [1.82, 2.24) is 20.0 Å². The van der Waals surface area contributed by atoms with Crippen molar-refractivity contribution in [1.29, 1.82) is 0 Å². The number of ether oxygens (including phenoxy) is 1. The first kappa shape index (κ1) is 29.6. The Hall–Kier alpha value is -3.92. The van der Waals surface area contributed by atoms with E-state index >= 15 is 0 Å². The fraction of sp³-hybridized carbons (Fsp3) is 0.500. The highest BCUT2D eigenvalue weighted by molar-refractivity contribution is 6.07. The molecule has 2 unspecified atom stereocenters. The van der Waals surface area contributed by atoms with Gasteiger partial charge in [-0.25, -0.2) is 4.99 Å². The highest BCUT2D eigenvalue weighted by Gasteiger charge is 2.46.